The lowest BCUT2D eigenvalue weighted by Crippen LogP contribution is -2.35. The highest BCUT2D eigenvalue weighted by Gasteiger charge is 2.43. The summed E-state index contributed by atoms with van der Waals surface area (Å²) < 4.78 is 39.0. The third-order valence-corrected chi connectivity index (χ3v) is 9.77. The van der Waals surface area contributed by atoms with Crippen molar-refractivity contribution in [3.8, 4) is 0 Å². The summed E-state index contributed by atoms with van der Waals surface area (Å²) in [5.74, 6) is 0.188. The van der Waals surface area contributed by atoms with Gasteiger partial charge >= 0.3 is 11.8 Å². The van der Waals surface area contributed by atoms with Gasteiger partial charge in [-0.3, -0.25) is 4.79 Å². The molecule has 0 aliphatic carbocycles. The van der Waals surface area contributed by atoms with Gasteiger partial charge in [0, 0.05) is 29.8 Å². The standard InChI is InChI=1S/C34H42BrN3O5S/c1-7-17-37-22-24(35)20-27-32(37)36-28(33(27,3)4)14-10-8-11-15-29-34(5,6)26-21-25(44(41,42)43)19-23(2)31(26)38(29)18-13-9-12-16-30(39)40/h8,10-11,14-15,19-22H,7,9,12-13,16-18H2,1-6H3,(H-,39,40,41,42,43). The quantitative estimate of drug-likeness (QED) is 0.110. The number of carbonyl (C=O) groups is 1. The Labute approximate surface area is 269 Å². The predicted molar refractivity (Wildman–Crippen MR) is 177 cm³/mol. The SMILES string of the molecule is CCC[n+]1cc(Br)cc2c1N=C(/C=C/C=C/C=C1/N(CCCCCC(=O)O)c3c(C)cc(S(=O)(=O)[O-])cc3C1(C)C)C2(C)C. The summed E-state index contributed by atoms with van der Waals surface area (Å²) in [6.07, 6.45) is 15.4. The molecule has 0 bridgehead atoms. The first-order valence-electron chi connectivity index (χ1n) is 15.1. The number of unbranched alkanes of at least 4 members (excludes halogenated alkanes) is 2. The number of anilines is 1. The van der Waals surface area contributed by atoms with Crippen molar-refractivity contribution in [1.82, 2.24) is 0 Å². The van der Waals surface area contributed by atoms with E-state index >= 15 is 0 Å². The number of nitrogens with zero attached hydrogens (tertiary/aromatic N) is 3. The van der Waals surface area contributed by atoms with Crippen molar-refractivity contribution in [3.05, 3.63) is 81.6 Å². The molecule has 3 heterocycles. The van der Waals surface area contributed by atoms with E-state index in [0.29, 0.717) is 13.0 Å². The van der Waals surface area contributed by atoms with Crippen LogP contribution in [-0.2, 0) is 32.3 Å². The van der Waals surface area contributed by atoms with E-state index in [1.165, 1.54) is 17.7 Å². The Balaban J connectivity index is 1.63. The number of aromatic nitrogens is 1. The number of carboxylic acid groups (broad SMARTS) is 1. The Morgan fingerprint density at radius 2 is 1.80 bits per heavy atom. The summed E-state index contributed by atoms with van der Waals surface area (Å²) in [4.78, 5) is 17.9. The zero-order chi connectivity index (χ0) is 32.4. The number of pyridine rings is 1. The van der Waals surface area contributed by atoms with Crippen molar-refractivity contribution < 1.29 is 27.4 Å². The summed E-state index contributed by atoms with van der Waals surface area (Å²) in [6, 6.07) is 5.10. The van der Waals surface area contributed by atoms with E-state index in [9.17, 15) is 17.8 Å². The van der Waals surface area contributed by atoms with E-state index < -0.39 is 21.5 Å². The van der Waals surface area contributed by atoms with Crippen LogP contribution < -0.4 is 9.47 Å². The van der Waals surface area contributed by atoms with E-state index in [2.05, 4.69) is 58.4 Å². The summed E-state index contributed by atoms with van der Waals surface area (Å²) in [6.45, 7) is 13.9. The van der Waals surface area contributed by atoms with E-state index in [4.69, 9.17) is 10.1 Å². The Hall–Kier alpha value is -3.08. The second-order valence-electron chi connectivity index (χ2n) is 12.6. The number of hydrogen-bond acceptors (Lipinski definition) is 6. The molecule has 0 saturated heterocycles. The van der Waals surface area contributed by atoms with Crippen LogP contribution in [0.3, 0.4) is 0 Å². The molecule has 236 valence electrons. The minimum Gasteiger partial charge on any atom is -0.744 e. The van der Waals surface area contributed by atoms with E-state index in [1.54, 1.807) is 0 Å². The van der Waals surface area contributed by atoms with Crippen LogP contribution in [0.5, 0.6) is 0 Å². The number of aliphatic carboxylic acids is 1. The summed E-state index contributed by atoms with van der Waals surface area (Å²) in [7, 11) is -4.62. The molecule has 1 aromatic carbocycles. The summed E-state index contributed by atoms with van der Waals surface area (Å²) in [5, 5.41) is 9.00. The second kappa shape index (κ2) is 13.1. The lowest BCUT2D eigenvalue weighted by atomic mass is 9.82. The highest BCUT2D eigenvalue weighted by molar-refractivity contribution is 9.10. The molecule has 0 spiro atoms. The van der Waals surface area contributed by atoms with E-state index in [0.717, 1.165) is 64.3 Å². The van der Waals surface area contributed by atoms with Gasteiger partial charge < -0.3 is 14.6 Å². The van der Waals surface area contributed by atoms with Gasteiger partial charge in [0.15, 0.2) is 5.71 Å². The van der Waals surface area contributed by atoms with Crippen LogP contribution in [-0.4, -0.2) is 36.3 Å². The fourth-order valence-corrected chi connectivity index (χ4v) is 7.23. The Morgan fingerprint density at radius 3 is 2.45 bits per heavy atom. The smallest absolute Gasteiger partial charge is 0.327 e. The van der Waals surface area contributed by atoms with Crippen molar-refractivity contribution >= 4 is 49.2 Å². The largest absolute Gasteiger partial charge is 0.744 e. The molecule has 10 heteroatoms. The van der Waals surface area contributed by atoms with Crippen LogP contribution in [0, 0.1) is 6.92 Å². The first kappa shape index (κ1) is 33.8. The van der Waals surface area contributed by atoms with Crippen molar-refractivity contribution in [2.45, 2.75) is 95.9 Å². The second-order valence-corrected chi connectivity index (χ2v) is 14.9. The van der Waals surface area contributed by atoms with Crippen LogP contribution in [0.1, 0.15) is 83.4 Å². The molecule has 44 heavy (non-hydrogen) atoms. The van der Waals surface area contributed by atoms with E-state index in [-0.39, 0.29) is 16.7 Å². The normalized spacial score (nSPS) is 18.0. The van der Waals surface area contributed by atoms with Crippen LogP contribution in [0.4, 0.5) is 11.5 Å². The number of hydrogen-bond donors (Lipinski definition) is 1. The number of aryl methyl sites for hydroxylation is 2. The zero-order valence-corrected chi connectivity index (χ0v) is 28.8. The van der Waals surface area contributed by atoms with Crippen LogP contribution in [0.15, 0.2) is 74.8 Å². The summed E-state index contributed by atoms with van der Waals surface area (Å²) in [5.41, 5.74) is 4.75. The average Bonchev–Trinajstić information content (AvgIpc) is 3.29. The molecular formula is C34H42BrN3O5S. The lowest BCUT2D eigenvalue weighted by molar-refractivity contribution is -0.684. The predicted octanol–water partition coefficient (Wildman–Crippen LogP) is 7.16. The van der Waals surface area contributed by atoms with Gasteiger partial charge in [-0.2, -0.15) is 0 Å². The third-order valence-electron chi connectivity index (χ3n) is 8.52. The average molecular weight is 685 g/mol. The molecule has 0 radical (unpaired) electrons. The Kier molecular flexibility index (Phi) is 10.1. The number of halogens is 1. The minimum absolute atomic E-state index is 0.132. The van der Waals surface area contributed by atoms with Gasteiger partial charge in [-0.05, 0) is 102 Å². The fraction of sp³-hybridized carbons (Fsp3) is 0.441. The van der Waals surface area contributed by atoms with Gasteiger partial charge in [-0.15, -0.1) is 0 Å². The maximum Gasteiger partial charge on any atom is 0.327 e. The van der Waals surface area contributed by atoms with Crippen LogP contribution in [0.25, 0.3) is 0 Å². The molecule has 0 amide bonds. The van der Waals surface area contributed by atoms with E-state index in [1.807, 2.05) is 51.2 Å². The zero-order valence-electron chi connectivity index (χ0n) is 26.4. The molecule has 0 saturated carbocycles. The molecule has 0 fully saturated rings. The molecular weight excluding hydrogens is 642 g/mol. The third kappa shape index (κ3) is 6.92. The molecule has 0 unspecified atom stereocenters. The van der Waals surface area contributed by atoms with Gasteiger partial charge in [0.05, 0.1) is 26.9 Å². The van der Waals surface area contributed by atoms with Crippen molar-refractivity contribution in [1.29, 1.82) is 0 Å². The maximum absolute atomic E-state index is 11.9. The van der Waals surface area contributed by atoms with Crippen molar-refractivity contribution in [2.24, 2.45) is 4.99 Å². The Morgan fingerprint density at radius 1 is 1.07 bits per heavy atom. The van der Waals surface area contributed by atoms with Crippen molar-refractivity contribution in [3.63, 3.8) is 0 Å². The highest BCUT2D eigenvalue weighted by Crippen LogP contribution is 2.50. The van der Waals surface area contributed by atoms with Gasteiger partial charge in [-0.1, -0.05) is 45.4 Å². The lowest BCUT2D eigenvalue weighted by Gasteiger charge is -2.27. The topological polar surface area (TPSA) is 114 Å². The Bertz CT molecular complexity index is 1690. The molecule has 2 aliphatic rings. The van der Waals surface area contributed by atoms with Crippen molar-refractivity contribution in [2.75, 3.05) is 11.4 Å². The first-order chi connectivity index (χ1) is 20.6. The summed E-state index contributed by atoms with van der Waals surface area (Å²) >= 11 is 3.65. The van der Waals surface area contributed by atoms with Gasteiger partial charge in [0.25, 0.3) is 0 Å². The number of allylic oxidation sites excluding steroid dienone is 6. The molecule has 1 aromatic heterocycles. The van der Waals surface area contributed by atoms with Crippen LogP contribution in [0.2, 0.25) is 0 Å². The molecule has 1 N–H and O–H groups in total. The molecule has 2 aliphatic heterocycles. The number of rotatable bonds is 12. The number of benzene rings is 1. The van der Waals surface area contributed by atoms with Crippen LogP contribution >= 0.6 is 15.9 Å². The number of aliphatic imine (C=N–C) groups is 1. The molecule has 0 atom stereocenters. The molecule has 2 aromatic rings. The molecule has 4 rings (SSSR count). The molecule has 8 nitrogen and oxygen atoms in total. The minimum atomic E-state index is -4.62. The monoisotopic (exact) mass is 683 g/mol. The number of carboxylic acids is 1. The highest BCUT2D eigenvalue weighted by atomic mass is 79.9. The first-order valence-corrected chi connectivity index (χ1v) is 17.3. The maximum atomic E-state index is 11.9. The van der Waals surface area contributed by atoms with Gasteiger partial charge in [-0.25, -0.2) is 13.0 Å². The van der Waals surface area contributed by atoms with Gasteiger partial charge in [0.2, 0.25) is 0 Å². The fourth-order valence-electron chi connectivity index (χ4n) is 6.17. The number of fused-ring (bicyclic) bond motifs is 2. The van der Waals surface area contributed by atoms with Gasteiger partial charge in [0.1, 0.15) is 16.3 Å².